The number of aryl methyl sites for hydroxylation is 3. The van der Waals surface area contributed by atoms with Gasteiger partial charge in [0.05, 0.1) is 30.0 Å². The summed E-state index contributed by atoms with van der Waals surface area (Å²) in [5.74, 6) is -0.761. The number of phenolic OH excluding ortho intramolecular Hbond substituents is 2. The number of allylic oxidation sites excluding steroid dienone is 3. The van der Waals surface area contributed by atoms with Crippen molar-refractivity contribution in [3.8, 4) is 39.5 Å². The van der Waals surface area contributed by atoms with E-state index >= 15 is 0 Å². The van der Waals surface area contributed by atoms with Crippen molar-refractivity contribution >= 4 is 35.0 Å². The molecule has 2 amide bonds. The van der Waals surface area contributed by atoms with Gasteiger partial charge in [0.25, 0.3) is 0 Å². The van der Waals surface area contributed by atoms with Crippen LogP contribution in [0.5, 0.6) is 17.2 Å². The van der Waals surface area contributed by atoms with Crippen molar-refractivity contribution in [3.05, 3.63) is 225 Å². The number of thioether (sulfide) groups is 1. The Labute approximate surface area is 434 Å². The largest absolute Gasteiger partial charge is 0.508 e. The van der Waals surface area contributed by atoms with Crippen LogP contribution in [0.25, 0.3) is 22.3 Å². The van der Waals surface area contributed by atoms with E-state index in [0.29, 0.717) is 22.6 Å². The van der Waals surface area contributed by atoms with Gasteiger partial charge in [0.15, 0.2) is 0 Å². The van der Waals surface area contributed by atoms with Crippen LogP contribution >= 0.6 is 11.8 Å². The molecule has 0 bridgehead atoms. The van der Waals surface area contributed by atoms with Gasteiger partial charge in [-0.3, -0.25) is 9.59 Å². The third-order valence-corrected chi connectivity index (χ3v) is 14.9. The molecule has 7 aromatic carbocycles. The molecule has 374 valence electrons. The molecule has 1 aliphatic carbocycles. The number of nitrogens with zero attached hydrogens (tertiary/aromatic N) is 4. The number of carbonyl (C=O) groups is 2. The van der Waals surface area contributed by atoms with Gasteiger partial charge in [-0.15, -0.1) is 16.7 Å². The van der Waals surface area contributed by atoms with Crippen LogP contribution in [-0.2, 0) is 9.59 Å². The Morgan fingerprint density at radius 3 is 1.92 bits per heavy atom. The quantitative estimate of drug-likeness (QED) is 0.0484. The highest BCUT2D eigenvalue weighted by molar-refractivity contribution is 7.99. The first-order valence-corrected chi connectivity index (χ1v) is 25.5. The van der Waals surface area contributed by atoms with Gasteiger partial charge < -0.3 is 29.9 Å². The van der Waals surface area contributed by atoms with Gasteiger partial charge in [-0.25, -0.2) is 0 Å². The standard InChI is InChI=1S/C31H28N2O3S.C30H28N2O5/c1-20-11-14-25(15-12-20)37-19-28(34)29-30(33(31(29)35)24-9-4-3-5-10-24)26-16-13-23(18-27(26)32-36)22-8-6-7-21(2)17-22;1-19-10-13-24(14-11-19)37-18-26(31-36)28-29(32(30(28)35)22-7-3-2-4-8-22)25-15-12-21(17-27(25)34)20-6-5-9-23(33)16-20/h3-18,28-30,34H,19H2,1-2H3;3,5-17,26,28-29,33-34H,2,4,18H2,1H3. The number of carbonyl (C=O) groups excluding carboxylic acids is 2. The first-order valence-electron chi connectivity index (χ1n) is 24.6. The van der Waals surface area contributed by atoms with E-state index in [9.17, 15) is 34.7 Å². The van der Waals surface area contributed by atoms with E-state index in [2.05, 4.69) is 16.4 Å². The molecule has 0 aromatic heterocycles. The minimum Gasteiger partial charge on any atom is -0.508 e. The van der Waals surface area contributed by atoms with Crippen molar-refractivity contribution in [1.82, 2.24) is 4.90 Å². The second-order valence-corrected chi connectivity index (χ2v) is 19.9. The maximum atomic E-state index is 13.4. The fourth-order valence-corrected chi connectivity index (χ4v) is 10.8. The molecule has 13 heteroatoms. The summed E-state index contributed by atoms with van der Waals surface area (Å²) in [7, 11) is 0. The predicted octanol–water partition coefficient (Wildman–Crippen LogP) is 13.2. The van der Waals surface area contributed by atoms with Crippen molar-refractivity contribution in [2.75, 3.05) is 17.3 Å². The average molecular weight is 1010 g/mol. The van der Waals surface area contributed by atoms with Gasteiger partial charge in [-0.2, -0.15) is 4.91 Å². The van der Waals surface area contributed by atoms with Gasteiger partial charge in [0.2, 0.25) is 11.8 Å². The predicted molar refractivity (Wildman–Crippen MR) is 291 cm³/mol. The second-order valence-electron chi connectivity index (χ2n) is 18.8. The molecular weight excluding hydrogens is 949 g/mol. The number of amides is 2. The van der Waals surface area contributed by atoms with Crippen molar-refractivity contribution in [2.45, 2.75) is 62.7 Å². The monoisotopic (exact) mass is 1000 g/mol. The van der Waals surface area contributed by atoms with Gasteiger partial charge in [-0.05, 0) is 128 Å². The van der Waals surface area contributed by atoms with Crippen molar-refractivity contribution in [3.63, 3.8) is 0 Å². The molecule has 0 spiro atoms. The zero-order valence-electron chi connectivity index (χ0n) is 41.2. The number of ether oxygens (including phenoxy) is 1. The zero-order valence-corrected chi connectivity index (χ0v) is 42.0. The van der Waals surface area contributed by atoms with Gasteiger partial charge in [0, 0.05) is 33.2 Å². The average Bonchev–Trinajstić information content (AvgIpc) is 3.42. The Morgan fingerprint density at radius 1 is 0.635 bits per heavy atom. The van der Waals surface area contributed by atoms with Crippen LogP contribution in [0, 0.1) is 42.4 Å². The first kappa shape index (κ1) is 50.8. The highest BCUT2D eigenvalue weighted by Crippen LogP contribution is 2.51. The van der Waals surface area contributed by atoms with Gasteiger partial charge in [-0.1, -0.05) is 137 Å². The number of aliphatic hydroxyl groups excluding tert-OH is 1. The third-order valence-electron chi connectivity index (χ3n) is 13.7. The minimum absolute atomic E-state index is 0.00201. The van der Waals surface area contributed by atoms with Crippen LogP contribution in [0.3, 0.4) is 0 Å². The highest BCUT2D eigenvalue weighted by Gasteiger charge is 2.55. The molecule has 0 radical (unpaired) electrons. The number of para-hydroxylation sites is 1. The van der Waals surface area contributed by atoms with Crippen LogP contribution in [0.15, 0.2) is 203 Å². The van der Waals surface area contributed by atoms with Gasteiger partial charge >= 0.3 is 0 Å². The minimum atomic E-state index is -0.937. The molecule has 74 heavy (non-hydrogen) atoms. The molecule has 0 saturated carbocycles. The lowest BCUT2D eigenvalue weighted by Crippen LogP contribution is -2.60. The molecule has 12 nitrogen and oxygen atoms in total. The Hall–Kier alpha value is -8.13. The fourth-order valence-electron chi connectivity index (χ4n) is 9.85. The summed E-state index contributed by atoms with van der Waals surface area (Å²) in [6.07, 6.45) is 6.71. The van der Waals surface area contributed by atoms with Gasteiger partial charge in [0.1, 0.15) is 35.6 Å². The van der Waals surface area contributed by atoms with Crippen LogP contribution in [0.1, 0.15) is 52.7 Å². The van der Waals surface area contributed by atoms with E-state index in [4.69, 9.17) is 4.74 Å². The van der Waals surface area contributed by atoms with Crippen LogP contribution in [0.4, 0.5) is 11.4 Å². The number of nitroso groups, excluding NO2 is 2. The number of aliphatic hydroxyl groups is 1. The van der Waals surface area contributed by atoms with E-state index in [1.54, 1.807) is 46.2 Å². The molecule has 2 saturated heterocycles. The van der Waals surface area contributed by atoms with E-state index in [-0.39, 0.29) is 35.6 Å². The maximum absolute atomic E-state index is 13.4. The number of hydrogen-bond donors (Lipinski definition) is 3. The van der Waals surface area contributed by atoms with Crippen LogP contribution in [0.2, 0.25) is 0 Å². The molecule has 2 heterocycles. The summed E-state index contributed by atoms with van der Waals surface area (Å²) >= 11 is 1.52. The molecule has 6 atom stereocenters. The molecule has 3 aliphatic rings. The van der Waals surface area contributed by atoms with Crippen LogP contribution in [-0.4, -0.2) is 56.5 Å². The number of phenols is 2. The summed E-state index contributed by atoms with van der Waals surface area (Å²) in [5, 5.41) is 38.8. The lowest BCUT2D eigenvalue weighted by molar-refractivity contribution is -0.154. The maximum Gasteiger partial charge on any atom is 0.235 e. The van der Waals surface area contributed by atoms with Crippen LogP contribution < -0.4 is 9.64 Å². The molecular formula is C61H56N4O8S. The number of β-lactam (4-membered cyclic amide) rings is 2. The first-order chi connectivity index (χ1) is 35.9. The summed E-state index contributed by atoms with van der Waals surface area (Å²) in [5.41, 5.74) is 9.63. The number of likely N-dealkylation sites (tertiary alicyclic amines) is 1. The Balaban J connectivity index is 0.000000182. The zero-order chi connectivity index (χ0) is 51.9. The summed E-state index contributed by atoms with van der Waals surface area (Å²) in [6.45, 7) is 5.97. The molecule has 3 N–H and O–H groups in total. The Kier molecular flexibility index (Phi) is 15.6. The lowest BCUT2D eigenvalue weighted by Gasteiger charge is -2.49. The van der Waals surface area contributed by atoms with E-state index in [0.717, 1.165) is 62.5 Å². The fraction of sp³-hybridized carbons (Fsp3) is 0.213. The molecule has 6 unspecified atom stereocenters. The normalized spacial score (nSPS) is 18.7. The van der Waals surface area contributed by atoms with E-state index in [1.807, 2.05) is 160 Å². The van der Waals surface area contributed by atoms with E-state index < -0.39 is 36.1 Å². The van der Waals surface area contributed by atoms with Crippen molar-refractivity contribution in [1.29, 1.82) is 0 Å². The number of anilines is 1. The van der Waals surface area contributed by atoms with Crippen molar-refractivity contribution in [2.24, 2.45) is 22.2 Å². The number of aromatic hydroxyl groups is 2. The summed E-state index contributed by atoms with van der Waals surface area (Å²) < 4.78 is 5.82. The number of rotatable bonds is 16. The Morgan fingerprint density at radius 2 is 1.27 bits per heavy atom. The number of hydrogen-bond acceptors (Lipinski definition) is 11. The summed E-state index contributed by atoms with van der Waals surface area (Å²) in [4.78, 5) is 55.2. The summed E-state index contributed by atoms with van der Waals surface area (Å²) in [6, 6.07) is 48.5. The topological polar surface area (TPSA) is 169 Å². The molecule has 2 aliphatic heterocycles. The third kappa shape index (κ3) is 10.9. The second kappa shape index (κ2) is 22.7. The molecule has 7 aromatic rings. The smallest absolute Gasteiger partial charge is 0.235 e. The molecule has 2 fully saturated rings. The Bertz CT molecular complexity index is 3240. The lowest BCUT2D eigenvalue weighted by atomic mass is 9.76. The highest BCUT2D eigenvalue weighted by atomic mass is 32.2. The van der Waals surface area contributed by atoms with Crippen molar-refractivity contribution < 1.29 is 29.6 Å². The van der Waals surface area contributed by atoms with E-state index in [1.165, 1.54) is 17.3 Å². The molecule has 10 rings (SSSR count). The number of benzene rings is 7. The SMILES string of the molecule is Cc1ccc(OCC(N=O)C2C(=O)N(C3=CCCC=C3)C2c2ccc(-c3cccc(O)c3)cc2O)cc1.Cc1ccc(SCC(O)C2C(=O)N(c3ccccc3)C2c2ccc(-c3cccc(C)c3)cc2N=O)cc1.